The average molecular weight is 248 g/mol. The van der Waals surface area contributed by atoms with Crippen LogP contribution in [0.5, 0.6) is 0 Å². The Balaban J connectivity index is 1.95. The van der Waals surface area contributed by atoms with Gasteiger partial charge in [0.1, 0.15) is 0 Å². The lowest BCUT2D eigenvalue weighted by atomic mass is 10.1. The minimum atomic E-state index is -0.873. The highest BCUT2D eigenvalue weighted by Crippen LogP contribution is 2.19. The van der Waals surface area contributed by atoms with Crippen LogP contribution in [-0.4, -0.2) is 42.7 Å². The van der Waals surface area contributed by atoms with Gasteiger partial charge >= 0.3 is 5.97 Å². The van der Waals surface area contributed by atoms with Crippen molar-refractivity contribution < 1.29 is 9.90 Å². The Hall–Kier alpha value is -1.55. The number of rotatable bonds is 4. The second kappa shape index (κ2) is 5.40. The van der Waals surface area contributed by atoms with Crippen molar-refractivity contribution in [1.29, 1.82) is 0 Å². The molecule has 18 heavy (non-hydrogen) atoms. The highest BCUT2D eigenvalue weighted by atomic mass is 16.4. The van der Waals surface area contributed by atoms with E-state index < -0.39 is 5.97 Å². The van der Waals surface area contributed by atoms with E-state index in [4.69, 9.17) is 5.11 Å². The maximum Gasteiger partial charge on any atom is 0.335 e. The van der Waals surface area contributed by atoms with Crippen LogP contribution >= 0.6 is 0 Å². The summed E-state index contributed by atoms with van der Waals surface area (Å²) in [4.78, 5) is 13.2. The number of aromatic carboxylic acids is 1. The van der Waals surface area contributed by atoms with Gasteiger partial charge in [-0.25, -0.2) is 4.79 Å². The van der Waals surface area contributed by atoms with Gasteiger partial charge in [-0.05, 0) is 56.6 Å². The molecule has 1 aromatic carbocycles. The van der Waals surface area contributed by atoms with Crippen LogP contribution in [0, 0.1) is 12.8 Å². The standard InChI is InChI=1S/C14H20N2O2/c1-10-7-12(14(17)18)3-4-13(10)15-8-11-5-6-16(2)9-11/h3-4,7,11,15H,5-6,8-9H2,1-2H3,(H,17,18). The lowest BCUT2D eigenvalue weighted by Gasteiger charge is -2.14. The van der Waals surface area contributed by atoms with E-state index in [1.165, 1.54) is 13.0 Å². The van der Waals surface area contributed by atoms with Gasteiger partial charge in [-0.15, -0.1) is 0 Å². The predicted molar refractivity (Wildman–Crippen MR) is 72.2 cm³/mol. The first-order chi connectivity index (χ1) is 8.56. The Morgan fingerprint density at radius 1 is 1.56 bits per heavy atom. The zero-order chi connectivity index (χ0) is 13.1. The largest absolute Gasteiger partial charge is 0.478 e. The molecule has 0 amide bonds. The van der Waals surface area contributed by atoms with Crippen LogP contribution in [0.1, 0.15) is 22.3 Å². The van der Waals surface area contributed by atoms with E-state index in [0.29, 0.717) is 11.5 Å². The third-order valence-electron chi connectivity index (χ3n) is 3.54. The molecule has 1 aromatic rings. The molecule has 1 saturated heterocycles. The molecular weight excluding hydrogens is 228 g/mol. The molecule has 0 spiro atoms. The Bertz CT molecular complexity index is 445. The summed E-state index contributed by atoms with van der Waals surface area (Å²) in [5, 5.41) is 12.3. The topological polar surface area (TPSA) is 52.6 Å². The van der Waals surface area contributed by atoms with E-state index in [2.05, 4.69) is 17.3 Å². The smallest absolute Gasteiger partial charge is 0.335 e. The van der Waals surface area contributed by atoms with Crippen LogP contribution in [0.3, 0.4) is 0 Å². The molecule has 0 aliphatic carbocycles. The SMILES string of the molecule is Cc1cc(C(=O)O)ccc1NCC1CCN(C)C1. The van der Waals surface area contributed by atoms with Crippen LogP contribution in [0.15, 0.2) is 18.2 Å². The van der Waals surface area contributed by atoms with Gasteiger partial charge < -0.3 is 15.3 Å². The molecular formula is C14H20N2O2. The Morgan fingerprint density at radius 2 is 2.33 bits per heavy atom. The summed E-state index contributed by atoms with van der Waals surface area (Å²) in [7, 11) is 2.15. The number of nitrogens with one attached hydrogen (secondary N) is 1. The van der Waals surface area contributed by atoms with Gasteiger partial charge in [0.2, 0.25) is 0 Å². The quantitative estimate of drug-likeness (QED) is 0.856. The van der Waals surface area contributed by atoms with E-state index >= 15 is 0 Å². The number of carboxylic acid groups (broad SMARTS) is 1. The molecule has 0 aromatic heterocycles. The zero-order valence-electron chi connectivity index (χ0n) is 10.9. The van der Waals surface area contributed by atoms with Crippen molar-refractivity contribution >= 4 is 11.7 Å². The molecule has 2 rings (SSSR count). The first-order valence-electron chi connectivity index (χ1n) is 6.32. The Morgan fingerprint density at radius 3 is 2.89 bits per heavy atom. The molecule has 1 aliphatic heterocycles. The van der Waals surface area contributed by atoms with Crippen LogP contribution in [-0.2, 0) is 0 Å². The first-order valence-corrected chi connectivity index (χ1v) is 6.32. The second-order valence-electron chi connectivity index (χ2n) is 5.13. The van der Waals surface area contributed by atoms with Crippen LogP contribution in [0.25, 0.3) is 0 Å². The predicted octanol–water partition coefficient (Wildman–Crippen LogP) is 2.06. The number of aryl methyl sites for hydroxylation is 1. The van der Waals surface area contributed by atoms with Gasteiger partial charge in [0.05, 0.1) is 5.56 Å². The van der Waals surface area contributed by atoms with Crippen molar-refractivity contribution in [3.8, 4) is 0 Å². The summed E-state index contributed by atoms with van der Waals surface area (Å²) in [6, 6.07) is 5.22. The number of likely N-dealkylation sites (tertiary alicyclic amines) is 1. The van der Waals surface area contributed by atoms with E-state index in [-0.39, 0.29) is 0 Å². The number of carbonyl (C=O) groups is 1. The maximum absolute atomic E-state index is 10.8. The normalized spacial score (nSPS) is 20.0. The lowest BCUT2D eigenvalue weighted by molar-refractivity contribution is 0.0697. The molecule has 4 heteroatoms. The summed E-state index contributed by atoms with van der Waals surface area (Å²) in [6.45, 7) is 5.20. The van der Waals surface area contributed by atoms with Crippen molar-refractivity contribution in [2.75, 3.05) is 32.0 Å². The molecule has 1 fully saturated rings. The lowest BCUT2D eigenvalue weighted by Crippen LogP contribution is -2.19. The molecule has 1 aliphatic rings. The number of anilines is 1. The van der Waals surface area contributed by atoms with Crippen LogP contribution in [0.4, 0.5) is 5.69 Å². The zero-order valence-corrected chi connectivity index (χ0v) is 10.9. The molecule has 4 nitrogen and oxygen atoms in total. The fourth-order valence-electron chi connectivity index (χ4n) is 2.44. The first kappa shape index (κ1) is 12.9. The average Bonchev–Trinajstić information content (AvgIpc) is 2.73. The minimum absolute atomic E-state index is 0.346. The van der Waals surface area contributed by atoms with Gasteiger partial charge in [0, 0.05) is 18.8 Å². The highest BCUT2D eigenvalue weighted by molar-refractivity contribution is 5.88. The van der Waals surface area contributed by atoms with E-state index in [1.807, 2.05) is 13.0 Å². The number of hydrogen-bond donors (Lipinski definition) is 2. The number of benzene rings is 1. The summed E-state index contributed by atoms with van der Waals surface area (Å²) >= 11 is 0. The fraction of sp³-hybridized carbons (Fsp3) is 0.500. The van der Waals surface area contributed by atoms with Crippen LogP contribution in [0.2, 0.25) is 0 Å². The third kappa shape index (κ3) is 3.01. The summed E-state index contributed by atoms with van der Waals surface area (Å²) < 4.78 is 0. The van der Waals surface area contributed by atoms with Crippen LogP contribution < -0.4 is 5.32 Å². The Kier molecular flexibility index (Phi) is 3.87. The van der Waals surface area contributed by atoms with E-state index in [9.17, 15) is 4.79 Å². The summed E-state index contributed by atoms with van der Waals surface area (Å²) in [5.74, 6) is -0.185. The molecule has 2 N–H and O–H groups in total. The summed E-state index contributed by atoms with van der Waals surface area (Å²) in [5.41, 5.74) is 2.37. The number of nitrogens with zero attached hydrogens (tertiary/aromatic N) is 1. The molecule has 1 heterocycles. The molecule has 1 atom stereocenters. The van der Waals surface area contributed by atoms with Crippen molar-refractivity contribution in [2.24, 2.45) is 5.92 Å². The third-order valence-corrected chi connectivity index (χ3v) is 3.54. The molecule has 98 valence electrons. The van der Waals surface area contributed by atoms with E-state index in [1.54, 1.807) is 12.1 Å². The van der Waals surface area contributed by atoms with Crippen molar-refractivity contribution in [3.05, 3.63) is 29.3 Å². The van der Waals surface area contributed by atoms with Crippen molar-refractivity contribution in [2.45, 2.75) is 13.3 Å². The minimum Gasteiger partial charge on any atom is -0.478 e. The van der Waals surface area contributed by atoms with Gasteiger partial charge in [-0.1, -0.05) is 0 Å². The van der Waals surface area contributed by atoms with Gasteiger partial charge in [0.25, 0.3) is 0 Å². The Labute approximate surface area is 108 Å². The number of hydrogen-bond acceptors (Lipinski definition) is 3. The molecule has 1 unspecified atom stereocenters. The molecule has 0 saturated carbocycles. The van der Waals surface area contributed by atoms with Gasteiger partial charge in [0.15, 0.2) is 0 Å². The van der Waals surface area contributed by atoms with E-state index in [0.717, 1.165) is 24.3 Å². The highest BCUT2D eigenvalue weighted by Gasteiger charge is 2.19. The maximum atomic E-state index is 10.8. The summed E-state index contributed by atoms with van der Waals surface area (Å²) in [6.07, 6.45) is 1.23. The van der Waals surface area contributed by atoms with Gasteiger partial charge in [-0.3, -0.25) is 0 Å². The van der Waals surface area contributed by atoms with Crippen molar-refractivity contribution in [3.63, 3.8) is 0 Å². The molecule has 0 bridgehead atoms. The monoisotopic (exact) mass is 248 g/mol. The number of carboxylic acids is 1. The van der Waals surface area contributed by atoms with Crippen molar-refractivity contribution in [1.82, 2.24) is 4.90 Å². The molecule has 0 radical (unpaired) electrons. The second-order valence-corrected chi connectivity index (χ2v) is 5.13. The van der Waals surface area contributed by atoms with Gasteiger partial charge in [-0.2, -0.15) is 0 Å². The fourth-order valence-corrected chi connectivity index (χ4v) is 2.44.